The molecule has 1 fully saturated rings. The van der Waals surface area contributed by atoms with E-state index in [9.17, 15) is 0 Å². The fourth-order valence-corrected chi connectivity index (χ4v) is 4.04. The first-order valence-corrected chi connectivity index (χ1v) is 12.5. The lowest BCUT2D eigenvalue weighted by Crippen LogP contribution is -2.34. The van der Waals surface area contributed by atoms with Crippen molar-refractivity contribution in [3.63, 3.8) is 0 Å². The van der Waals surface area contributed by atoms with E-state index in [2.05, 4.69) is 67.9 Å². The van der Waals surface area contributed by atoms with E-state index in [0.717, 1.165) is 23.8 Å². The molecule has 132 valence electrons. The SMILES string of the molecule is CC1CCCN1C(=Nc1ccccc1O[Si](C)(C)C)c1ccccc1. The number of hydrogen-bond donors (Lipinski definition) is 0. The lowest BCUT2D eigenvalue weighted by Gasteiger charge is -2.26. The second-order valence-electron chi connectivity index (χ2n) is 7.67. The van der Waals surface area contributed by atoms with Gasteiger partial charge in [0, 0.05) is 18.2 Å². The number of rotatable bonds is 4. The molecule has 0 bridgehead atoms. The Morgan fingerprint density at radius 3 is 2.36 bits per heavy atom. The lowest BCUT2D eigenvalue weighted by molar-refractivity contribution is 0.415. The van der Waals surface area contributed by atoms with Crippen LogP contribution in [0.2, 0.25) is 19.6 Å². The summed E-state index contributed by atoms with van der Waals surface area (Å²) < 4.78 is 6.27. The number of amidine groups is 1. The van der Waals surface area contributed by atoms with E-state index in [4.69, 9.17) is 9.42 Å². The Balaban J connectivity index is 2.05. The quantitative estimate of drug-likeness (QED) is 0.414. The molecule has 0 amide bonds. The number of para-hydroxylation sites is 2. The van der Waals surface area contributed by atoms with Crippen LogP contribution in [0.25, 0.3) is 0 Å². The summed E-state index contributed by atoms with van der Waals surface area (Å²) in [7, 11) is -1.69. The fourth-order valence-electron chi connectivity index (χ4n) is 3.21. The van der Waals surface area contributed by atoms with Crippen LogP contribution in [0, 0.1) is 0 Å². The summed E-state index contributed by atoms with van der Waals surface area (Å²) in [6.45, 7) is 9.96. The number of benzene rings is 2. The van der Waals surface area contributed by atoms with Crippen molar-refractivity contribution in [2.45, 2.75) is 45.4 Å². The maximum atomic E-state index is 6.27. The maximum Gasteiger partial charge on any atom is 0.242 e. The van der Waals surface area contributed by atoms with Gasteiger partial charge in [-0.05, 0) is 51.5 Å². The van der Waals surface area contributed by atoms with Gasteiger partial charge in [0.1, 0.15) is 17.3 Å². The Hall–Kier alpha value is -2.07. The summed E-state index contributed by atoms with van der Waals surface area (Å²) in [5.74, 6) is 1.94. The molecule has 1 saturated heterocycles. The van der Waals surface area contributed by atoms with E-state index >= 15 is 0 Å². The highest BCUT2D eigenvalue weighted by atomic mass is 28.4. The van der Waals surface area contributed by atoms with Gasteiger partial charge in [0.15, 0.2) is 0 Å². The van der Waals surface area contributed by atoms with Gasteiger partial charge in [0.25, 0.3) is 0 Å². The van der Waals surface area contributed by atoms with Crippen molar-refractivity contribution in [3.8, 4) is 5.75 Å². The Morgan fingerprint density at radius 2 is 1.72 bits per heavy atom. The van der Waals surface area contributed by atoms with Crippen LogP contribution in [0.15, 0.2) is 59.6 Å². The monoisotopic (exact) mass is 352 g/mol. The van der Waals surface area contributed by atoms with E-state index in [0.29, 0.717) is 6.04 Å². The number of likely N-dealkylation sites (tertiary alicyclic amines) is 1. The summed E-state index contributed by atoms with van der Waals surface area (Å²) in [4.78, 5) is 7.52. The summed E-state index contributed by atoms with van der Waals surface area (Å²) in [6.07, 6.45) is 2.44. The third kappa shape index (κ3) is 4.51. The maximum absolute atomic E-state index is 6.27. The zero-order valence-electron chi connectivity index (χ0n) is 15.7. The van der Waals surface area contributed by atoms with E-state index in [-0.39, 0.29) is 0 Å². The molecule has 0 N–H and O–H groups in total. The molecule has 2 aromatic carbocycles. The van der Waals surface area contributed by atoms with Crippen LogP contribution in [0.3, 0.4) is 0 Å². The van der Waals surface area contributed by atoms with Gasteiger partial charge >= 0.3 is 0 Å². The summed E-state index contributed by atoms with van der Waals surface area (Å²) in [5.41, 5.74) is 2.09. The van der Waals surface area contributed by atoms with Gasteiger partial charge < -0.3 is 9.33 Å². The smallest absolute Gasteiger partial charge is 0.242 e. The first-order chi connectivity index (χ1) is 11.9. The molecule has 1 heterocycles. The van der Waals surface area contributed by atoms with Gasteiger partial charge in [0.2, 0.25) is 8.32 Å². The fraction of sp³-hybridized carbons (Fsp3) is 0.381. The molecule has 4 heteroatoms. The molecule has 3 nitrogen and oxygen atoms in total. The summed E-state index contributed by atoms with van der Waals surface area (Å²) >= 11 is 0. The Morgan fingerprint density at radius 1 is 1.04 bits per heavy atom. The van der Waals surface area contributed by atoms with Gasteiger partial charge in [-0.3, -0.25) is 0 Å². The van der Waals surface area contributed by atoms with Crippen LogP contribution in [0.1, 0.15) is 25.3 Å². The van der Waals surface area contributed by atoms with Crippen molar-refractivity contribution < 1.29 is 4.43 Å². The van der Waals surface area contributed by atoms with Gasteiger partial charge in [-0.2, -0.15) is 0 Å². The minimum atomic E-state index is -1.69. The van der Waals surface area contributed by atoms with Gasteiger partial charge in [0.05, 0.1) is 0 Å². The molecule has 1 aliphatic rings. The highest BCUT2D eigenvalue weighted by molar-refractivity contribution is 6.70. The topological polar surface area (TPSA) is 24.8 Å². The molecule has 0 radical (unpaired) electrons. The number of nitrogens with zero attached hydrogens (tertiary/aromatic N) is 2. The van der Waals surface area contributed by atoms with E-state index in [1.165, 1.54) is 18.4 Å². The minimum Gasteiger partial charge on any atom is -0.543 e. The molecule has 0 spiro atoms. The predicted molar refractivity (Wildman–Crippen MR) is 108 cm³/mol. The highest BCUT2D eigenvalue weighted by Crippen LogP contribution is 2.31. The van der Waals surface area contributed by atoms with Crippen LogP contribution in [-0.2, 0) is 0 Å². The van der Waals surface area contributed by atoms with Crippen LogP contribution < -0.4 is 4.43 Å². The van der Waals surface area contributed by atoms with Crippen LogP contribution in [0.5, 0.6) is 5.75 Å². The predicted octanol–water partition coefficient (Wildman–Crippen LogP) is 5.46. The van der Waals surface area contributed by atoms with Crippen molar-refractivity contribution in [3.05, 3.63) is 60.2 Å². The Labute approximate surface area is 152 Å². The van der Waals surface area contributed by atoms with Crippen molar-refractivity contribution in [1.82, 2.24) is 4.90 Å². The number of aliphatic imine (C=N–C) groups is 1. The van der Waals surface area contributed by atoms with Crippen molar-refractivity contribution in [2.75, 3.05) is 6.54 Å². The van der Waals surface area contributed by atoms with Crippen molar-refractivity contribution in [2.24, 2.45) is 4.99 Å². The molecule has 1 unspecified atom stereocenters. The van der Waals surface area contributed by atoms with Crippen LogP contribution in [0.4, 0.5) is 5.69 Å². The Kier molecular flexibility index (Phi) is 5.28. The molecule has 0 aromatic heterocycles. The third-order valence-corrected chi connectivity index (χ3v) is 5.20. The second-order valence-corrected chi connectivity index (χ2v) is 12.1. The molecule has 2 aromatic rings. The molecule has 3 rings (SSSR count). The summed E-state index contributed by atoms with van der Waals surface area (Å²) in [6, 6.07) is 19.2. The molecular weight excluding hydrogens is 324 g/mol. The second kappa shape index (κ2) is 7.44. The minimum absolute atomic E-state index is 0.518. The normalized spacial score (nSPS) is 18.5. The Bertz CT molecular complexity index is 737. The largest absolute Gasteiger partial charge is 0.543 e. The third-order valence-electron chi connectivity index (χ3n) is 4.36. The number of hydrogen-bond acceptors (Lipinski definition) is 2. The highest BCUT2D eigenvalue weighted by Gasteiger charge is 2.25. The molecular formula is C21H28N2OSi. The van der Waals surface area contributed by atoms with Crippen LogP contribution >= 0.6 is 0 Å². The molecule has 25 heavy (non-hydrogen) atoms. The molecule has 0 saturated carbocycles. The first-order valence-electron chi connectivity index (χ1n) is 9.13. The van der Waals surface area contributed by atoms with Crippen LogP contribution in [-0.4, -0.2) is 31.6 Å². The van der Waals surface area contributed by atoms with E-state index in [1.807, 2.05) is 18.2 Å². The average Bonchev–Trinajstić information content (AvgIpc) is 2.99. The lowest BCUT2D eigenvalue weighted by atomic mass is 10.1. The van der Waals surface area contributed by atoms with E-state index < -0.39 is 8.32 Å². The van der Waals surface area contributed by atoms with Crippen molar-refractivity contribution >= 4 is 19.8 Å². The average molecular weight is 353 g/mol. The standard InChI is InChI=1S/C21H28N2OSi/c1-17-11-10-16-23(17)21(18-12-6-5-7-13-18)22-19-14-8-9-15-20(19)24-25(2,3)4/h5-9,12-15,17H,10-11,16H2,1-4H3. The van der Waals surface area contributed by atoms with Gasteiger partial charge in [-0.1, -0.05) is 42.5 Å². The van der Waals surface area contributed by atoms with Crippen molar-refractivity contribution in [1.29, 1.82) is 0 Å². The zero-order valence-corrected chi connectivity index (χ0v) is 16.7. The van der Waals surface area contributed by atoms with Gasteiger partial charge in [-0.15, -0.1) is 0 Å². The van der Waals surface area contributed by atoms with E-state index in [1.54, 1.807) is 0 Å². The molecule has 0 aliphatic carbocycles. The summed E-state index contributed by atoms with van der Waals surface area (Å²) in [5, 5.41) is 0. The van der Waals surface area contributed by atoms with Gasteiger partial charge in [-0.25, -0.2) is 4.99 Å². The zero-order chi connectivity index (χ0) is 17.9. The molecule has 1 aliphatic heterocycles. The molecule has 1 atom stereocenters. The first kappa shape index (κ1) is 17.7.